The molecule has 1 aliphatic rings. The van der Waals surface area contributed by atoms with Gasteiger partial charge in [0.05, 0.1) is 11.3 Å². The van der Waals surface area contributed by atoms with E-state index in [9.17, 15) is 9.18 Å². The molecule has 0 atom stereocenters. The summed E-state index contributed by atoms with van der Waals surface area (Å²) in [5.74, 6) is 0.483. The van der Waals surface area contributed by atoms with Crippen LogP contribution in [0.3, 0.4) is 0 Å². The van der Waals surface area contributed by atoms with Gasteiger partial charge in [-0.2, -0.15) is 0 Å². The lowest BCUT2D eigenvalue weighted by Crippen LogP contribution is -2.24. The predicted molar refractivity (Wildman–Crippen MR) is 83.1 cm³/mol. The van der Waals surface area contributed by atoms with Gasteiger partial charge in [-0.3, -0.25) is 9.36 Å². The molecule has 1 aliphatic carbocycles. The van der Waals surface area contributed by atoms with Crippen LogP contribution in [0, 0.1) is 5.82 Å². The molecule has 1 aromatic heterocycles. The standard InChI is InChI=1S/C15H17FN4OS/c1-2-17-13(21)9-22-15-19-18-14(20(15)10-7-8-10)11-5-3-4-6-12(11)16/h3-6,10H,2,7-9H2,1H3,(H,17,21). The summed E-state index contributed by atoms with van der Waals surface area (Å²) >= 11 is 1.34. The number of nitrogens with zero attached hydrogens (tertiary/aromatic N) is 3. The number of halogens is 1. The van der Waals surface area contributed by atoms with Crippen molar-refractivity contribution in [3.05, 3.63) is 30.1 Å². The summed E-state index contributed by atoms with van der Waals surface area (Å²) in [4.78, 5) is 11.6. The summed E-state index contributed by atoms with van der Waals surface area (Å²) in [7, 11) is 0. The van der Waals surface area contributed by atoms with Gasteiger partial charge in [0.2, 0.25) is 5.91 Å². The number of amides is 1. The number of aromatic nitrogens is 3. The predicted octanol–water partition coefficient (Wildman–Crippen LogP) is 2.65. The third kappa shape index (κ3) is 3.14. The molecular weight excluding hydrogens is 303 g/mol. The van der Waals surface area contributed by atoms with E-state index in [2.05, 4.69) is 15.5 Å². The van der Waals surface area contributed by atoms with E-state index in [1.807, 2.05) is 11.5 Å². The summed E-state index contributed by atoms with van der Waals surface area (Å²) in [6.45, 7) is 2.49. The number of benzene rings is 1. The van der Waals surface area contributed by atoms with Crippen molar-refractivity contribution in [2.45, 2.75) is 31.0 Å². The second-order valence-corrected chi connectivity index (χ2v) is 6.07. The summed E-state index contributed by atoms with van der Waals surface area (Å²) < 4.78 is 16.0. The van der Waals surface area contributed by atoms with E-state index in [-0.39, 0.29) is 17.5 Å². The minimum atomic E-state index is -0.308. The van der Waals surface area contributed by atoms with Crippen molar-refractivity contribution in [3.63, 3.8) is 0 Å². The van der Waals surface area contributed by atoms with Crippen LogP contribution in [0.1, 0.15) is 25.8 Å². The van der Waals surface area contributed by atoms with Gasteiger partial charge < -0.3 is 5.32 Å². The van der Waals surface area contributed by atoms with Crippen LogP contribution in [0.5, 0.6) is 0 Å². The minimum Gasteiger partial charge on any atom is -0.356 e. The van der Waals surface area contributed by atoms with Crippen LogP contribution in [-0.2, 0) is 4.79 Å². The van der Waals surface area contributed by atoms with Gasteiger partial charge in [-0.05, 0) is 31.9 Å². The van der Waals surface area contributed by atoms with E-state index in [1.54, 1.807) is 18.2 Å². The summed E-state index contributed by atoms with van der Waals surface area (Å²) in [5, 5.41) is 11.7. The topological polar surface area (TPSA) is 59.8 Å². The van der Waals surface area contributed by atoms with E-state index < -0.39 is 0 Å². The van der Waals surface area contributed by atoms with E-state index in [0.29, 0.717) is 29.1 Å². The second kappa shape index (κ2) is 6.48. The number of carbonyl (C=O) groups is 1. The van der Waals surface area contributed by atoms with Crippen LogP contribution in [0.2, 0.25) is 0 Å². The highest BCUT2D eigenvalue weighted by atomic mass is 32.2. The van der Waals surface area contributed by atoms with Crippen molar-refractivity contribution in [2.24, 2.45) is 0 Å². The Labute approximate surface area is 132 Å². The fourth-order valence-electron chi connectivity index (χ4n) is 2.24. The number of rotatable bonds is 6. The molecule has 0 unspecified atom stereocenters. The lowest BCUT2D eigenvalue weighted by Gasteiger charge is -2.09. The smallest absolute Gasteiger partial charge is 0.230 e. The Morgan fingerprint density at radius 2 is 2.18 bits per heavy atom. The molecule has 1 heterocycles. The minimum absolute atomic E-state index is 0.0368. The lowest BCUT2D eigenvalue weighted by molar-refractivity contribution is -0.118. The molecule has 2 aromatic rings. The van der Waals surface area contributed by atoms with Crippen molar-refractivity contribution in [1.29, 1.82) is 0 Å². The Hall–Kier alpha value is -1.89. The SMILES string of the molecule is CCNC(=O)CSc1nnc(-c2ccccc2F)n1C1CC1. The highest BCUT2D eigenvalue weighted by Crippen LogP contribution is 2.41. The molecule has 5 nitrogen and oxygen atoms in total. The molecule has 0 radical (unpaired) electrons. The maximum atomic E-state index is 14.0. The zero-order valence-electron chi connectivity index (χ0n) is 12.3. The molecule has 0 aliphatic heterocycles. The Bertz CT molecular complexity index is 684. The van der Waals surface area contributed by atoms with E-state index >= 15 is 0 Å². The van der Waals surface area contributed by atoms with Gasteiger partial charge in [-0.15, -0.1) is 10.2 Å². The summed E-state index contributed by atoms with van der Waals surface area (Å²) in [5.41, 5.74) is 0.451. The zero-order valence-corrected chi connectivity index (χ0v) is 13.1. The third-order valence-corrected chi connectivity index (χ3v) is 4.34. The number of hydrogen-bond donors (Lipinski definition) is 1. The molecule has 0 saturated heterocycles. The second-order valence-electron chi connectivity index (χ2n) is 5.13. The molecule has 1 fully saturated rings. The lowest BCUT2D eigenvalue weighted by atomic mass is 10.2. The average molecular weight is 320 g/mol. The van der Waals surface area contributed by atoms with Gasteiger partial charge in [0.1, 0.15) is 5.82 Å². The number of carbonyl (C=O) groups excluding carboxylic acids is 1. The van der Waals surface area contributed by atoms with Crippen LogP contribution in [0.25, 0.3) is 11.4 Å². The number of hydrogen-bond acceptors (Lipinski definition) is 4. The van der Waals surface area contributed by atoms with E-state index in [1.165, 1.54) is 17.8 Å². The molecule has 1 saturated carbocycles. The molecule has 0 bridgehead atoms. The molecule has 116 valence electrons. The summed E-state index contributed by atoms with van der Waals surface area (Å²) in [6, 6.07) is 6.87. The Morgan fingerprint density at radius 3 is 2.86 bits per heavy atom. The Morgan fingerprint density at radius 1 is 1.41 bits per heavy atom. The largest absolute Gasteiger partial charge is 0.356 e. The molecule has 1 aromatic carbocycles. The van der Waals surface area contributed by atoms with Crippen molar-refractivity contribution in [2.75, 3.05) is 12.3 Å². The Balaban J connectivity index is 1.87. The van der Waals surface area contributed by atoms with Crippen molar-refractivity contribution in [3.8, 4) is 11.4 Å². The van der Waals surface area contributed by atoms with Gasteiger partial charge >= 0.3 is 0 Å². The first-order valence-corrected chi connectivity index (χ1v) is 8.28. The fourth-order valence-corrected chi connectivity index (χ4v) is 3.08. The average Bonchev–Trinajstić information content (AvgIpc) is 3.26. The van der Waals surface area contributed by atoms with E-state index in [4.69, 9.17) is 0 Å². The molecule has 22 heavy (non-hydrogen) atoms. The van der Waals surface area contributed by atoms with Gasteiger partial charge in [-0.25, -0.2) is 4.39 Å². The molecule has 1 N–H and O–H groups in total. The van der Waals surface area contributed by atoms with Crippen LogP contribution in [0.15, 0.2) is 29.4 Å². The number of thioether (sulfide) groups is 1. The normalized spacial score (nSPS) is 14.1. The molecule has 7 heteroatoms. The first-order chi connectivity index (χ1) is 10.7. The van der Waals surface area contributed by atoms with Crippen molar-refractivity contribution >= 4 is 17.7 Å². The van der Waals surface area contributed by atoms with Gasteiger partial charge in [0.15, 0.2) is 11.0 Å². The van der Waals surface area contributed by atoms with Crippen LogP contribution >= 0.6 is 11.8 Å². The fraction of sp³-hybridized carbons (Fsp3) is 0.400. The Kier molecular flexibility index (Phi) is 4.42. The first-order valence-electron chi connectivity index (χ1n) is 7.30. The van der Waals surface area contributed by atoms with E-state index in [0.717, 1.165) is 12.8 Å². The number of nitrogens with one attached hydrogen (secondary N) is 1. The van der Waals surface area contributed by atoms with Crippen molar-refractivity contribution in [1.82, 2.24) is 20.1 Å². The van der Waals surface area contributed by atoms with Gasteiger partial charge in [0, 0.05) is 12.6 Å². The zero-order chi connectivity index (χ0) is 15.5. The van der Waals surface area contributed by atoms with Crippen LogP contribution < -0.4 is 5.32 Å². The highest BCUT2D eigenvalue weighted by Gasteiger charge is 2.31. The van der Waals surface area contributed by atoms with Gasteiger partial charge in [-0.1, -0.05) is 23.9 Å². The molecule has 0 spiro atoms. The summed E-state index contributed by atoms with van der Waals surface area (Å²) in [6.07, 6.45) is 2.07. The first kappa shape index (κ1) is 15.0. The van der Waals surface area contributed by atoms with Crippen LogP contribution in [-0.4, -0.2) is 33.0 Å². The monoisotopic (exact) mass is 320 g/mol. The maximum absolute atomic E-state index is 14.0. The molecule has 1 amide bonds. The highest BCUT2D eigenvalue weighted by molar-refractivity contribution is 7.99. The molecular formula is C15H17FN4OS. The van der Waals surface area contributed by atoms with Gasteiger partial charge in [0.25, 0.3) is 0 Å². The molecule has 3 rings (SSSR count). The maximum Gasteiger partial charge on any atom is 0.230 e. The third-order valence-electron chi connectivity index (χ3n) is 3.40. The van der Waals surface area contributed by atoms with Crippen LogP contribution in [0.4, 0.5) is 4.39 Å². The quantitative estimate of drug-likeness (QED) is 0.831. The van der Waals surface area contributed by atoms with Crippen molar-refractivity contribution < 1.29 is 9.18 Å².